The Labute approximate surface area is 107 Å². The number of benzene rings is 1. The van der Waals surface area contributed by atoms with Gasteiger partial charge in [-0.3, -0.25) is 9.48 Å². The number of carbonyl (C=O) groups excluding carboxylic acids is 1. The van der Waals surface area contributed by atoms with Crippen LogP contribution in [0, 0.1) is 6.92 Å². The highest BCUT2D eigenvalue weighted by Gasteiger charge is 2.02. The van der Waals surface area contributed by atoms with E-state index in [0.717, 1.165) is 5.56 Å². The lowest BCUT2D eigenvalue weighted by Gasteiger charge is -2.06. The van der Waals surface area contributed by atoms with Crippen molar-refractivity contribution in [3.8, 4) is 0 Å². The summed E-state index contributed by atoms with van der Waals surface area (Å²) in [6, 6.07) is 9.88. The minimum Gasteiger partial charge on any atom is -0.354 e. The third kappa shape index (κ3) is 3.73. The van der Waals surface area contributed by atoms with Crippen LogP contribution in [0.2, 0.25) is 0 Å². The maximum atomic E-state index is 11.7. The molecule has 1 heterocycles. The highest BCUT2D eigenvalue weighted by molar-refractivity contribution is 5.78. The molecule has 0 unspecified atom stereocenters. The van der Waals surface area contributed by atoms with Gasteiger partial charge in [-0.1, -0.05) is 29.8 Å². The van der Waals surface area contributed by atoms with Crippen molar-refractivity contribution in [3.05, 3.63) is 53.9 Å². The molecular formula is C14H17N3O. The van der Waals surface area contributed by atoms with Crippen LogP contribution in [-0.4, -0.2) is 22.2 Å². The average molecular weight is 243 g/mol. The summed E-state index contributed by atoms with van der Waals surface area (Å²) in [4.78, 5) is 11.7. The van der Waals surface area contributed by atoms with Gasteiger partial charge in [0.25, 0.3) is 0 Å². The third-order valence-corrected chi connectivity index (χ3v) is 2.67. The largest absolute Gasteiger partial charge is 0.354 e. The van der Waals surface area contributed by atoms with Crippen molar-refractivity contribution in [3.63, 3.8) is 0 Å². The van der Waals surface area contributed by atoms with E-state index in [1.165, 1.54) is 5.56 Å². The minimum atomic E-state index is 0.0488. The van der Waals surface area contributed by atoms with Crippen LogP contribution < -0.4 is 5.32 Å². The first-order valence-electron chi connectivity index (χ1n) is 6.04. The van der Waals surface area contributed by atoms with Gasteiger partial charge in [0.1, 0.15) is 0 Å². The lowest BCUT2D eigenvalue weighted by Crippen LogP contribution is -2.28. The Morgan fingerprint density at radius 3 is 3.00 bits per heavy atom. The molecule has 2 rings (SSSR count). The summed E-state index contributed by atoms with van der Waals surface area (Å²) in [5.41, 5.74) is 2.23. The molecular weight excluding hydrogens is 226 g/mol. The van der Waals surface area contributed by atoms with E-state index in [-0.39, 0.29) is 5.91 Å². The second-order valence-corrected chi connectivity index (χ2v) is 4.28. The third-order valence-electron chi connectivity index (χ3n) is 2.67. The zero-order valence-corrected chi connectivity index (χ0v) is 10.5. The van der Waals surface area contributed by atoms with Gasteiger partial charge >= 0.3 is 0 Å². The number of nitrogens with zero attached hydrogens (tertiary/aromatic N) is 2. The Morgan fingerprint density at radius 1 is 1.39 bits per heavy atom. The van der Waals surface area contributed by atoms with Crippen LogP contribution in [0.4, 0.5) is 0 Å². The molecule has 4 nitrogen and oxygen atoms in total. The summed E-state index contributed by atoms with van der Waals surface area (Å²) >= 11 is 0. The van der Waals surface area contributed by atoms with Crippen LogP contribution in [0.1, 0.15) is 11.1 Å². The SMILES string of the molecule is Cc1cccc(CC(=O)NCCn2cccn2)c1. The van der Waals surface area contributed by atoms with E-state index in [0.29, 0.717) is 19.5 Å². The number of hydrogen-bond donors (Lipinski definition) is 1. The molecule has 0 radical (unpaired) electrons. The van der Waals surface area contributed by atoms with Gasteiger partial charge in [0.2, 0.25) is 5.91 Å². The van der Waals surface area contributed by atoms with Crippen molar-refractivity contribution in [1.29, 1.82) is 0 Å². The van der Waals surface area contributed by atoms with Crippen LogP contribution in [0.3, 0.4) is 0 Å². The van der Waals surface area contributed by atoms with Crippen molar-refractivity contribution < 1.29 is 4.79 Å². The molecule has 1 amide bonds. The van der Waals surface area contributed by atoms with E-state index in [1.807, 2.05) is 43.5 Å². The molecule has 0 bridgehead atoms. The molecule has 1 aromatic carbocycles. The molecule has 0 aliphatic carbocycles. The predicted molar refractivity (Wildman–Crippen MR) is 70.1 cm³/mol. The number of aromatic nitrogens is 2. The minimum absolute atomic E-state index is 0.0488. The zero-order chi connectivity index (χ0) is 12.8. The molecule has 0 spiro atoms. The lowest BCUT2D eigenvalue weighted by atomic mass is 10.1. The fourth-order valence-corrected chi connectivity index (χ4v) is 1.81. The number of amides is 1. The fraction of sp³-hybridized carbons (Fsp3) is 0.286. The van der Waals surface area contributed by atoms with Gasteiger partial charge < -0.3 is 5.32 Å². The smallest absolute Gasteiger partial charge is 0.224 e. The summed E-state index contributed by atoms with van der Waals surface area (Å²) in [5, 5.41) is 6.96. The van der Waals surface area contributed by atoms with E-state index >= 15 is 0 Å². The Balaban J connectivity index is 1.75. The summed E-state index contributed by atoms with van der Waals surface area (Å²) in [6.07, 6.45) is 4.04. The standard InChI is InChI=1S/C14H17N3O/c1-12-4-2-5-13(10-12)11-14(18)15-7-9-17-8-3-6-16-17/h2-6,8,10H,7,9,11H2,1H3,(H,15,18). The van der Waals surface area contributed by atoms with Gasteiger partial charge in [-0.15, -0.1) is 0 Å². The van der Waals surface area contributed by atoms with E-state index in [9.17, 15) is 4.79 Å². The van der Waals surface area contributed by atoms with Gasteiger partial charge in [0.15, 0.2) is 0 Å². The molecule has 0 fully saturated rings. The van der Waals surface area contributed by atoms with Crippen molar-refractivity contribution in [1.82, 2.24) is 15.1 Å². The Morgan fingerprint density at radius 2 is 2.28 bits per heavy atom. The van der Waals surface area contributed by atoms with Crippen LogP contribution >= 0.6 is 0 Å². The van der Waals surface area contributed by atoms with Crippen molar-refractivity contribution in [2.24, 2.45) is 0 Å². The molecule has 0 aliphatic heterocycles. The van der Waals surface area contributed by atoms with Gasteiger partial charge in [-0.2, -0.15) is 5.10 Å². The van der Waals surface area contributed by atoms with E-state index in [4.69, 9.17) is 0 Å². The topological polar surface area (TPSA) is 46.9 Å². The van der Waals surface area contributed by atoms with Gasteiger partial charge in [-0.05, 0) is 18.6 Å². The molecule has 0 saturated carbocycles. The second kappa shape index (κ2) is 6.00. The molecule has 2 aromatic rings. The molecule has 4 heteroatoms. The zero-order valence-electron chi connectivity index (χ0n) is 10.5. The molecule has 94 valence electrons. The second-order valence-electron chi connectivity index (χ2n) is 4.28. The molecule has 1 aromatic heterocycles. The van der Waals surface area contributed by atoms with Gasteiger partial charge in [0, 0.05) is 18.9 Å². The normalized spacial score (nSPS) is 10.3. The molecule has 1 N–H and O–H groups in total. The van der Waals surface area contributed by atoms with E-state index in [2.05, 4.69) is 10.4 Å². The Hall–Kier alpha value is -2.10. The highest BCUT2D eigenvalue weighted by atomic mass is 16.1. The van der Waals surface area contributed by atoms with Crippen LogP contribution in [-0.2, 0) is 17.8 Å². The summed E-state index contributed by atoms with van der Waals surface area (Å²) in [6.45, 7) is 3.33. The maximum absolute atomic E-state index is 11.7. The van der Waals surface area contributed by atoms with Crippen LogP contribution in [0.25, 0.3) is 0 Å². The van der Waals surface area contributed by atoms with Crippen molar-refractivity contribution in [2.75, 3.05) is 6.54 Å². The molecule has 0 aliphatic rings. The fourth-order valence-electron chi connectivity index (χ4n) is 1.81. The quantitative estimate of drug-likeness (QED) is 0.866. The highest BCUT2D eigenvalue weighted by Crippen LogP contribution is 2.04. The molecule has 0 atom stereocenters. The summed E-state index contributed by atoms with van der Waals surface area (Å²) in [5.74, 6) is 0.0488. The van der Waals surface area contributed by atoms with E-state index < -0.39 is 0 Å². The number of rotatable bonds is 5. The lowest BCUT2D eigenvalue weighted by molar-refractivity contribution is -0.120. The molecule has 0 saturated heterocycles. The average Bonchev–Trinajstić information content (AvgIpc) is 2.82. The summed E-state index contributed by atoms with van der Waals surface area (Å²) < 4.78 is 1.80. The predicted octanol–water partition coefficient (Wildman–Crippen LogP) is 1.55. The van der Waals surface area contributed by atoms with Crippen LogP contribution in [0.15, 0.2) is 42.7 Å². The first kappa shape index (κ1) is 12.4. The number of aryl methyl sites for hydroxylation is 1. The first-order chi connectivity index (χ1) is 8.74. The van der Waals surface area contributed by atoms with Gasteiger partial charge in [-0.25, -0.2) is 0 Å². The number of hydrogen-bond acceptors (Lipinski definition) is 2. The number of nitrogens with one attached hydrogen (secondary N) is 1. The van der Waals surface area contributed by atoms with Crippen molar-refractivity contribution in [2.45, 2.75) is 19.9 Å². The van der Waals surface area contributed by atoms with Crippen LogP contribution in [0.5, 0.6) is 0 Å². The first-order valence-corrected chi connectivity index (χ1v) is 6.04. The van der Waals surface area contributed by atoms with Gasteiger partial charge in [0.05, 0.1) is 13.0 Å². The van der Waals surface area contributed by atoms with Crippen molar-refractivity contribution >= 4 is 5.91 Å². The summed E-state index contributed by atoms with van der Waals surface area (Å²) in [7, 11) is 0. The maximum Gasteiger partial charge on any atom is 0.224 e. The monoisotopic (exact) mass is 243 g/mol. The Bertz CT molecular complexity index is 506. The number of carbonyl (C=O) groups is 1. The van der Waals surface area contributed by atoms with E-state index in [1.54, 1.807) is 10.9 Å². The molecule has 18 heavy (non-hydrogen) atoms. The Kier molecular flexibility index (Phi) is 4.12.